The predicted octanol–water partition coefficient (Wildman–Crippen LogP) is 3.02. The number of primary amides is 1. The van der Waals surface area contributed by atoms with Gasteiger partial charge in [0.15, 0.2) is 0 Å². The minimum absolute atomic E-state index is 0.0713. The fourth-order valence-corrected chi connectivity index (χ4v) is 3.12. The zero-order chi connectivity index (χ0) is 16.5. The standard InChI is InChI=1S/C19H17N3O2/c20-19(23)18-11-17(22-24-18)13-7-5-12(6-8-13)9-15-10-14-3-1-2-4-16(14)21-15/h1-8,11,15,21H,9-10H2,(H2,20,23). The maximum absolute atomic E-state index is 11.1. The van der Waals surface area contributed by atoms with Crippen molar-refractivity contribution in [1.29, 1.82) is 0 Å². The van der Waals surface area contributed by atoms with E-state index in [2.05, 4.69) is 46.9 Å². The Hall–Kier alpha value is -3.08. The molecule has 0 bridgehead atoms. The Morgan fingerprint density at radius 2 is 2.00 bits per heavy atom. The van der Waals surface area contributed by atoms with Crippen molar-refractivity contribution in [3.63, 3.8) is 0 Å². The van der Waals surface area contributed by atoms with Crippen LogP contribution in [0.25, 0.3) is 11.3 Å². The number of amides is 1. The van der Waals surface area contributed by atoms with Gasteiger partial charge in [0, 0.05) is 23.4 Å². The van der Waals surface area contributed by atoms with E-state index in [1.54, 1.807) is 6.07 Å². The number of hydrogen-bond acceptors (Lipinski definition) is 4. The van der Waals surface area contributed by atoms with Gasteiger partial charge in [-0.05, 0) is 30.0 Å². The largest absolute Gasteiger partial charge is 0.381 e. The zero-order valence-corrected chi connectivity index (χ0v) is 13.0. The van der Waals surface area contributed by atoms with Crippen LogP contribution in [-0.2, 0) is 12.8 Å². The molecule has 1 aromatic heterocycles. The maximum atomic E-state index is 11.1. The van der Waals surface area contributed by atoms with Crippen molar-refractivity contribution in [3.05, 3.63) is 71.5 Å². The van der Waals surface area contributed by atoms with Crippen molar-refractivity contribution in [3.8, 4) is 11.3 Å². The molecule has 5 heteroatoms. The first-order valence-electron chi connectivity index (χ1n) is 7.89. The van der Waals surface area contributed by atoms with Gasteiger partial charge in [-0.1, -0.05) is 47.6 Å². The number of nitrogens with one attached hydrogen (secondary N) is 1. The topological polar surface area (TPSA) is 81.2 Å². The Kier molecular flexibility index (Phi) is 3.54. The highest BCUT2D eigenvalue weighted by atomic mass is 16.5. The van der Waals surface area contributed by atoms with Crippen LogP contribution >= 0.6 is 0 Å². The van der Waals surface area contributed by atoms with E-state index in [9.17, 15) is 4.79 Å². The highest BCUT2D eigenvalue weighted by molar-refractivity contribution is 5.90. The molecule has 0 fully saturated rings. The van der Waals surface area contributed by atoms with Crippen LogP contribution in [0.2, 0.25) is 0 Å². The molecule has 0 radical (unpaired) electrons. The summed E-state index contributed by atoms with van der Waals surface area (Å²) < 4.78 is 4.92. The molecular weight excluding hydrogens is 302 g/mol. The van der Waals surface area contributed by atoms with Gasteiger partial charge in [0.1, 0.15) is 5.69 Å². The van der Waals surface area contributed by atoms with Crippen LogP contribution in [0, 0.1) is 0 Å². The molecule has 0 aliphatic carbocycles. The normalized spacial score (nSPS) is 15.8. The van der Waals surface area contributed by atoms with E-state index in [0.29, 0.717) is 11.7 Å². The van der Waals surface area contributed by atoms with Gasteiger partial charge < -0.3 is 15.6 Å². The van der Waals surface area contributed by atoms with E-state index < -0.39 is 5.91 Å². The molecule has 1 atom stereocenters. The van der Waals surface area contributed by atoms with Crippen molar-refractivity contribution in [1.82, 2.24) is 5.16 Å². The number of nitrogens with zero attached hydrogens (tertiary/aromatic N) is 1. The molecule has 2 aromatic carbocycles. The third kappa shape index (κ3) is 2.76. The van der Waals surface area contributed by atoms with Gasteiger partial charge in [0.25, 0.3) is 5.91 Å². The van der Waals surface area contributed by atoms with Gasteiger partial charge in [0.2, 0.25) is 5.76 Å². The number of benzene rings is 2. The zero-order valence-electron chi connectivity index (χ0n) is 13.0. The molecule has 1 aliphatic heterocycles. The smallest absolute Gasteiger partial charge is 0.287 e. The molecule has 24 heavy (non-hydrogen) atoms. The molecule has 1 amide bonds. The average Bonchev–Trinajstić information content (AvgIpc) is 3.22. The van der Waals surface area contributed by atoms with Crippen LogP contribution in [0.3, 0.4) is 0 Å². The highest BCUT2D eigenvalue weighted by Crippen LogP contribution is 2.27. The molecule has 5 nitrogen and oxygen atoms in total. The van der Waals surface area contributed by atoms with Crippen molar-refractivity contribution in [2.24, 2.45) is 5.73 Å². The summed E-state index contributed by atoms with van der Waals surface area (Å²) in [5.74, 6) is -0.542. The van der Waals surface area contributed by atoms with Crippen molar-refractivity contribution in [2.45, 2.75) is 18.9 Å². The summed E-state index contributed by atoms with van der Waals surface area (Å²) in [6, 6.07) is 18.5. The monoisotopic (exact) mass is 319 g/mol. The number of anilines is 1. The molecule has 1 unspecified atom stereocenters. The van der Waals surface area contributed by atoms with Gasteiger partial charge in [-0.3, -0.25) is 4.79 Å². The lowest BCUT2D eigenvalue weighted by Crippen LogP contribution is -2.18. The summed E-state index contributed by atoms with van der Waals surface area (Å²) in [7, 11) is 0. The van der Waals surface area contributed by atoms with Crippen molar-refractivity contribution in [2.75, 3.05) is 5.32 Å². The third-order valence-corrected chi connectivity index (χ3v) is 4.33. The molecule has 3 aromatic rings. The number of aromatic nitrogens is 1. The molecule has 120 valence electrons. The summed E-state index contributed by atoms with van der Waals surface area (Å²) in [6.07, 6.45) is 2.00. The lowest BCUT2D eigenvalue weighted by atomic mass is 10.0. The van der Waals surface area contributed by atoms with E-state index in [0.717, 1.165) is 18.4 Å². The highest BCUT2D eigenvalue weighted by Gasteiger charge is 2.20. The molecule has 0 saturated heterocycles. The Balaban J connectivity index is 1.46. The van der Waals surface area contributed by atoms with Crippen LogP contribution in [0.15, 0.2) is 59.1 Å². The summed E-state index contributed by atoms with van der Waals surface area (Å²) in [5, 5.41) is 7.45. The minimum Gasteiger partial charge on any atom is -0.381 e. The van der Waals surface area contributed by atoms with Crippen LogP contribution in [0.1, 0.15) is 21.7 Å². The molecule has 1 aliphatic rings. The molecule has 3 N–H and O–H groups in total. The fraction of sp³-hybridized carbons (Fsp3) is 0.158. The van der Waals surface area contributed by atoms with Crippen LogP contribution in [0.5, 0.6) is 0 Å². The second-order valence-corrected chi connectivity index (χ2v) is 6.04. The number of carbonyl (C=O) groups is 1. The fourth-order valence-electron chi connectivity index (χ4n) is 3.12. The first-order chi connectivity index (χ1) is 11.7. The lowest BCUT2D eigenvalue weighted by Gasteiger charge is -2.11. The summed E-state index contributed by atoms with van der Waals surface area (Å²) in [6.45, 7) is 0. The number of para-hydroxylation sites is 1. The minimum atomic E-state index is -0.614. The average molecular weight is 319 g/mol. The van der Waals surface area contributed by atoms with Crippen molar-refractivity contribution < 1.29 is 9.32 Å². The van der Waals surface area contributed by atoms with E-state index in [-0.39, 0.29) is 5.76 Å². The van der Waals surface area contributed by atoms with Crippen LogP contribution in [-0.4, -0.2) is 17.1 Å². The number of nitrogens with two attached hydrogens (primary N) is 1. The number of rotatable bonds is 4. The van der Waals surface area contributed by atoms with Crippen molar-refractivity contribution >= 4 is 11.6 Å². The number of fused-ring (bicyclic) bond motifs is 1. The summed E-state index contributed by atoms with van der Waals surface area (Å²) >= 11 is 0. The van der Waals surface area contributed by atoms with E-state index in [4.69, 9.17) is 10.3 Å². The maximum Gasteiger partial charge on any atom is 0.287 e. The van der Waals surface area contributed by atoms with Crippen LogP contribution < -0.4 is 11.1 Å². The molecule has 4 rings (SSSR count). The Labute approximate surface area is 139 Å². The summed E-state index contributed by atoms with van der Waals surface area (Å²) in [5.41, 5.74) is 10.6. The van der Waals surface area contributed by atoms with E-state index >= 15 is 0 Å². The molecule has 2 heterocycles. The Morgan fingerprint density at radius 1 is 1.21 bits per heavy atom. The number of carbonyl (C=O) groups excluding carboxylic acids is 1. The first-order valence-corrected chi connectivity index (χ1v) is 7.89. The second kappa shape index (κ2) is 5.85. The van der Waals surface area contributed by atoms with E-state index in [1.807, 2.05) is 12.1 Å². The number of hydrogen-bond donors (Lipinski definition) is 2. The molecule has 0 saturated carbocycles. The first kappa shape index (κ1) is 14.5. The molecular formula is C19H17N3O2. The Bertz CT molecular complexity index is 859. The van der Waals surface area contributed by atoms with Gasteiger partial charge in [-0.2, -0.15) is 0 Å². The van der Waals surface area contributed by atoms with Gasteiger partial charge in [-0.25, -0.2) is 0 Å². The molecule has 0 spiro atoms. The van der Waals surface area contributed by atoms with Gasteiger partial charge in [0.05, 0.1) is 0 Å². The third-order valence-electron chi connectivity index (χ3n) is 4.33. The van der Waals surface area contributed by atoms with Crippen LogP contribution in [0.4, 0.5) is 5.69 Å². The van der Waals surface area contributed by atoms with E-state index in [1.165, 1.54) is 16.8 Å². The second-order valence-electron chi connectivity index (χ2n) is 6.04. The Morgan fingerprint density at radius 3 is 2.71 bits per heavy atom. The van der Waals surface area contributed by atoms with Gasteiger partial charge in [-0.15, -0.1) is 0 Å². The van der Waals surface area contributed by atoms with Gasteiger partial charge >= 0.3 is 0 Å². The predicted molar refractivity (Wildman–Crippen MR) is 91.7 cm³/mol. The lowest BCUT2D eigenvalue weighted by molar-refractivity contribution is 0.0965. The quantitative estimate of drug-likeness (QED) is 0.774. The summed E-state index contributed by atoms with van der Waals surface area (Å²) in [4.78, 5) is 11.1. The SMILES string of the molecule is NC(=O)c1cc(-c2ccc(CC3Cc4ccccc4N3)cc2)no1.